The predicted molar refractivity (Wildman–Crippen MR) is 74.3 cm³/mol. The van der Waals surface area contributed by atoms with Crippen LogP contribution in [0.2, 0.25) is 18.1 Å². The van der Waals surface area contributed by atoms with Gasteiger partial charge in [-0.15, -0.1) is 0 Å². The van der Waals surface area contributed by atoms with E-state index in [9.17, 15) is 0 Å². The Bertz CT molecular complexity index is 211. The third-order valence-electron chi connectivity index (χ3n) is 4.35. The molecule has 0 aromatic carbocycles. The molecule has 0 spiro atoms. The second-order valence-electron chi connectivity index (χ2n) is 6.23. The first-order chi connectivity index (χ1) is 7.45. The fourth-order valence-corrected chi connectivity index (χ4v) is 6.76. The molecule has 1 rings (SSSR count). The third-order valence-corrected chi connectivity index (χ3v) is 9.01. The van der Waals surface area contributed by atoms with Crippen LogP contribution in [0, 0.1) is 5.92 Å². The lowest BCUT2D eigenvalue weighted by Gasteiger charge is -2.31. The lowest BCUT2D eigenvalue weighted by molar-refractivity contribution is 0.0890. The van der Waals surface area contributed by atoms with Gasteiger partial charge in [0.05, 0.1) is 5.60 Å². The Morgan fingerprint density at radius 1 is 1.25 bits per heavy atom. The molecule has 0 saturated carbocycles. The van der Waals surface area contributed by atoms with Gasteiger partial charge in [0.25, 0.3) is 0 Å². The van der Waals surface area contributed by atoms with E-state index in [0.717, 1.165) is 5.92 Å². The van der Waals surface area contributed by atoms with E-state index in [-0.39, 0.29) is 5.60 Å². The highest BCUT2D eigenvalue weighted by atomic mass is 28.4. The zero-order valence-electron chi connectivity index (χ0n) is 11.9. The van der Waals surface area contributed by atoms with Crippen LogP contribution in [-0.2, 0) is 4.43 Å². The summed E-state index contributed by atoms with van der Waals surface area (Å²) in [6.45, 7) is 11.6. The van der Waals surface area contributed by atoms with Crippen molar-refractivity contribution in [2.45, 2.75) is 84.0 Å². The standard InChI is InChI=1S/C14H30OSi/c1-6-16(7-2)12-11-14(5,15-16)10-8-9-13(3)4/h13H,6-12H2,1-5H3. The summed E-state index contributed by atoms with van der Waals surface area (Å²) < 4.78 is 6.56. The first kappa shape index (κ1) is 14.2. The molecule has 1 nitrogen and oxygen atoms in total. The summed E-state index contributed by atoms with van der Waals surface area (Å²) in [5.41, 5.74) is 0.229. The summed E-state index contributed by atoms with van der Waals surface area (Å²) in [6, 6.07) is 4.02. The van der Waals surface area contributed by atoms with Crippen LogP contribution in [0.4, 0.5) is 0 Å². The van der Waals surface area contributed by atoms with Crippen LogP contribution in [0.5, 0.6) is 0 Å². The van der Waals surface area contributed by atoms with Crippen LogP contribution >= 0.6 is 0 Å². The minimum absolute atomic E-state index is 0.229. The monoisotopic (exact) mass is 242 g/mol. The molecule has 0 aliphatic carbocycles. The summed E-state index contributed by atoms with van der Waals surface area (Å²) in [7, 11) is -1.29. The van der Waals surface area contributed by atoms with Crippen molar-refractivity contribution in [3.63, 3.8) is 0 Å². The van der Waals surface area contributed by atoms with E-state index >= 15 is 0 Å². The smallest absolute Gasteiger partial charge is 0.193 e. The molecule has 0 N–H and O–H groups in total. The number of hydrogen-bond acceptors (Lipinski definition) is 1. The molecule has 0 radical (unpaired) electrons. The van der Waals surface area contributed by atoms with Gasteiger partial charge in [-0.3, -0.25) is 0 Å². The van der Waals surface area contributed by atoms with E-state index in [1.807, 2.05) is 0 Å². The molecule has 0 aromatic heterocycles. The molecule has 0 bridgehead atoms. The van der Waals surface area contributed by atoms with Gasteiger partial charge in [0.2, 0.25) is 0 Å². The zero-order chi connectivity index (χ0) is 12.2. The van der Waals surface area contributed by atoms with Gasteiger partial charge in [-0.1, -0.05) is 40.5 Å². The average Bonchev–Trinajstić information content (AvgIpc) is 2.57. The maximum absolute atomic E-state index is 6.56. The topological polar surface area (TPSA) is 9.23 Å². The normalized spacial score (nSPS) is 28.9. The molecule has 0 aromatic rings. The van der Waals surface area contributed by atoms with Crippen molar-refractivity contribution < 1.29 is 4.43 Å². The Morgan fingerprint density at radius 2 is 1.88 bits per heavy atom. The Hall–Kier alpha value is 0.177. The van der Waals surface area contributed by atoms with Crippen molar-refractivity contribution in [1.29, 1.82) is 0 Å². The van der Waals surface area contributed by atoms with Crippen LogP contribution < -0.4 is 0 Å². The Morgan fingerprint density at radius 3 is 2.31 bits per heavy atom. The maximum Gasteiger partial charge on any atom is 0.193 e. The maximum atomic E-state index is 6.56. The van der Waals surface area contributed by atoms with Crippen LogP contribution in [0.3, 0.4) is 0 Å². The van der Waals surface area contributed by atoms with Crippen LogP contribution in [-0.4, -0.2) is 13.9 Å². The van der Waals surface area contributed by atoms with E-state index in [4.69, 9.17) is 4.43 Å². The van der Waals surface area contributed by atoms with Gasteiger partial charge >= 0.3 is 0 Å². The molecule has 1 heterocycles. The Balaban J connectivity index is 2.42. The molecule has 1 fully saturated rings. The number of hydrogen-bond donors (Lipinski definition) is 0. The Kier molecular flexibility index (Phi) is 5.05. The van der Waals surface area contributed by atoms with Gasteiger partial charge in [-0.05, 0) is 43.8 Å². The van der Waals surface area contributed by atoms with E-state index < -0.39 is 8.32 Å². The lowest BCUT2D eigenvalue weighted by Crippen LogP contribution is -2.37. The zero-order valence-corrected chi connectivity index (χ0v) is 12.9. The fraction of sp³-hybridized carbons (Fsp3) is 1.00. The van der Waals surface area contributed by atoms with Gasteiger partial charge in [0.1, 0.15) is 0 Å². The van der Waals surface area contributed by atoms with Crippen LogP contribution in [0.15, 0.2) is 0 Å². The van der Waals surface area contributed by atoms with Crippen molar-refractivity contribution in [1.82, 2.24) is 0 Å². The fourth-order valence-electron chi connectivity index (χ4n) is 2.93. The first-order valence-corrected chi connectivity index (χ1v) is 9.68. The molecule has 1 saturated heterocycles. The van der Waals surface area contributed by atoms with Crippen molar-refractivity contribution in [3.8, 4) is 0 Å². The number of rotatable bonds is 6. The quantitative estimate of drug-likeness (QED) is 0.597. The molecule has 0 amide bonds. The van der Waals surface area contributed by atoms with Crippen molar-refractivity contribution in [2.24, 2.45) is 5.92 Å². The van der Waals surface area contributed by atoms with Crippen molar-refractivity contribution in [2.75, 3.05) is 0 Å². The lowest BCUT2D eigenvalue weighted by atomic mass is 9.94. The first-order valence-electron chi connectivity index (χ1n) is 7.15. The highest BCUT2D eigenvalue weighted by Gasteiger charge is 2.45. The van der Waals surface area contributed by atoms with Gasteiger partial charge < -0.3 is 4.43 Å². The van der Waals surface area contributed by atoms with E-state index in [1.54, 1.807) is 0 Å². The summed E-state index contributed by atoms with van der Waals surface area (Å²) in [4.78, 5) is 0. The summed E-state index contributed by atoms with van der Waals surface area (Å²) in [5, 5.41) is 0. The molecule has 1 unspecified atom stereocenters. The molecule has 1 aliphatic heterocycles. The van der Waals surface area contributed by atoms with Gasteiger partial charge in [-0.25, -0.2) is 0 Å². The highest BCUT2D eigenvalue weighted by molar-refractivity contribution is 6.74. The van der Waals surface area contributed by atoms with Gasteiger partial charge in [0, 0.05) is 0 Å². The SMILES string of the molecule is CC[Si]1(CC)CCC(C)(CCCC(C)C)O1. The Labute approximate surface area is 103 Å². The largest absolute Gasteiger partial charge is 0.412 e. The van der Waals surface area contributed by atoms with Crippen LogP contribution in [0.1, 0.15) is 60.3 Å². The van der Waals surface area contributed by atoms with E-state index in [2.05, 4.69) is 34.6 Å². The minimum Gasteiger partial charge on any atom is -0.412 e. The highest BCUT2D eigenvalue weighted by Crippen LogP contribution is 2.42. The van der Waals surface area contributed by atoms with Gasteiger partial charge in [-0.2, -0.15) is 0 Å². The summed E-state index contributed by atoms with van der Waals surface area (Å²) >= 11 is 0. The molecule has 96 valence electrons. The van der Waals surface area contributed by atoms with E-state index in [0.29, 0.717) is 0 Å². The second-order valence-corrected chi connectivity index (χ2v) is 10.7. The second kappa shape index (κ2) is 5.68. The minimum atomic E-state index is -1.29. The predicted octanol–water partition coefficient (Wildman–Crippen LogP) is 4.98. The summed E-state index contributed by atoms with van der Waals surface area (Å²) in [5.74, 6) is 0.837. The average molecular weight is 242 g/mol. The van der Waals surface area contributed by atoms with Gasteiger partial charge in [0.15, 0.2) is 8.32 Å². The molecule has 16 heavy (non-hydrogen) atoms. The van der Waals surface area contributed by atoms with E-state index in [1.165, 1.54) is 43.8 Å². The van der Waals surface area contributed by atoms with Crippen LogP contribution in [0.25, 0.3) is 0 Å². The van der Waals surface area contributed by atoms with Crippen molar-refractivity contribution in [3.05, 3.63) is 0 Å². The summed E-state index contributed by atoms with van der Waals surface area (Å²) in [6.07, 6.45) is 5.29. The third kappa shape index (κ3) is 3.59. The molecular weight excluding hydrogens is 212 g/mol. The molecule has 2 heteroatoms. The van der Waals surface area contributed by atoms with Crippen molar-refractivity contribution >= 4 is 8.32 Å². The molecule has 1 aliphatic rings. The molecule has 1 atom stereocenters. The molecular formula is C14H30OSi.